The van der Waals surface area contributed by atoms with Crippen molar-refractivity contribution in [2.75, 3.05) is 13.7 Å². The SMILES string of the molecule is CCOC1CC(CC(N)c2ccc(OC)c(Br)c2)C1. The molecule has 1 unspecified atom stereocenters. The van der Waals surface area contributed by atoms with Crippen LogP contribution in [0.1, 0.15) is 37.8 Å². The molecular weight excluding hydrogens is 306 g/mol. The number of hydrogen-bond donors (Lipinski definition) is 1. The molecule has 0 bridgehead atoms. The van der Waals surface area contributed by atoms with Crippen molar-refractivity contribution in [3.63, 3.8) is 0 Å². The van der Waals surface area contributed by atoms with E-state index < -0.39 is 0 Å². The van der Waals surface area contributed by atoms with Crippen LogP contribution in [-0.4, -0.2) is 19.8 Å². The molecule has 0 aromatic heterocycles. The minimum Gasteiger partial charge on any atom is -0.496 e. The Morgan fingerprint density at radius 1 is 1.42 bits per heavy atom. The molecule has 1 saturated carbocycles. The van der Waals surface area contributed by atoms with E-state index in [-0.39, 0.29) is 6.04 Å². The second-order valence-corrected chi connectivity index (χ2v) is 6.01. The Hall–Kier alpha value is -0.580. The molecule has 0 spiro atoms. The molecule has 1 atom stereocenters. The molecule has 0 aliphatic heterocycles. The Morgan fingerprint density at radius 2 is 2.16 bits per heavy atom. The fourth-order valence-electron chi connectivity index (χ4n) is 2.65. The molecular formula is C15H22BrNO2. The predicted octanol–water partition coefficient (Wildman–Crippen LogP) is 3.66. The highest BCUT2D eigenvalue weighted by Crippen LogP contribution is 2.37. The average Bonchev–Trinajstić information content (AvgIpc) is 2.36. The van der Waals surface area contributed by atoms with Crippen molar-refractivity contribution in [1.29, 1.82) is 0 Å². The van der Waals surface area contributed by atoms with Crippen LogP contribution in [0.2, 0.25) is 0 Å². The number of nitrogens with two attached hydrogens (primary N) is 1. The lowest BCUT2D eigenvalue weighted by atomic mass is 9.77. The number of ether oxygens (including phenoxy) is 2. The van der Waals surface area contributed by atoms with Crippen LogP contribution >= 0.6 is 15.9 Å². The van der Waals surface area contributed by atoms with Gasteiger partial charge < -0.3 is 15.2 Å². The highest BCUT2D eigenvalue weighted by atomic mass is 79.9. The topological polar surface area (TPSA) is 44.5 Å². The van der Waals surface area contributed by atoms with E-state index in [1.165, 1.54) is 0 Å². The summed E-state index contributed by atoms with van der Waals surface area (Å²) in [6, 6.07) is 6.16. The third-order valence-electron chi connectivity index (χ3n) is 3.79. The van der Waals surface area contributed by atoms with Crippen molar-refractivity contribution in [3.8, 4) is 5.75 Å². The van der Waals surface area contributed by atoms with E-state index in [1.807, 2.05) is 19.1 Å². The van der Waals surface area contributed by atoms with Crippen molar-refractivity contribution < 1.29 is 9.47 Å². The lowest BCUT2D eigenvalue weighted by Crippen LogP contribution is -2.33. The molecule has 0 amide bonds. The zero-order valence-corrected chi connectivity index (χ0v) is 13.2. The number of hydrogen-bond acceptors (Lipinski definition) is 3. The number of rotatable bonds is 6. The van der Waals surface area contributed by atoms with Crippen molar-refractivity contribution in [1.82, 2.24) is 0 Å². The van der Waals surface area contributed by atoms with Gasteiger partial charge in [0.15, 0.2) is 0 Å². The summed E-state index contributed by atoms with van der Waals surface area (Å²) in [5, 5.41) is 0. The van der Waals surface area contributed by atoms with Crippen molar-refractivity contribution >= 4 is 15.9 Å². The van der Waals surface area contributed by atoms with Crippen LogP contribution < -0.4 is 10.5 Å². The lowest BCUT2D eigenvalue weighted by Gasteiger charge is -2.36. The van der Waals surface area contributed by atoms with Crippen LogP contribution in [0, 0.1) is 5.92 Å². The molecule has 19 heavy (non-hydrogen) atoms. The number of halogens is 1. The van der Waals surface area contributed by atoms with E-state index >= 15 is 0 Å². The Balaban J connectivity index is 1.87. The van der Waals surface area contributed by atoms with Gasteiger partial charge in [-0.15, -0.1) is 0 Å². The van der Waals surface area contributed by atoms with E-state index in [9.17, 15) is 0 Å². The molecule has 1 aromatic rings. The summed E-state index contributed by atoms with van der Waals surface area (Å²) in [6.45, 7) is 2.86. The van der Waals surface area contributed by atoms with Gasteiger partial charge in [-0.25, -0.2) is 0 Å². The van der Waals surface area contributed by atoms with Gasteiger partial charge in [-0.2, -0.15) is 0 Å². The van der Waals surface area contributed by atoms with E-state index in [0.717, 1.165) is 41.7 Å². The van der Waals surface area contributed by atoms with Gasteiger partial charge in [-0.3, -0.25) is 0 Å². The van der Waals surface area contributed by atoms with Crippen LogP contribution in [0.15, 0.2) is 22.7 Å². The molecule has 0 radical (unpaired) electrons. The zero-order valence-electron chi connectivity index (χ0n) is 11.6. The first-order chi connectivity index (χ1) is 9.13. The molecule has 1 aromatic carbocycles. The third-order valence-corrected chi connectivity index (χ3v) is 4.41. The molecule has 2 N–H and O–H groups in total. The lowest BCUT2D eigenvalue weighted by molar-refractivity contribution is -0.0282. The standard InChI is InChI=1S/C15H22BrNO2/c1-3-19-12-6-10(7-12)8-14(17)11-4-5-15(18-2)13(16)9-11/h4-5,9-10,12,14H,3,6-8,17H2,1-2H3. The van der Waals surface area contributed by atoms with E-state index in [1.54, 1.807) is 7.11 Å². The largest absolute Gasteiger partial charge is 0.496 e. The Bertz CT molecular complexity index is 419. The number of benzene rings is 1. The summed E-state index contributed by atoms with van der Waals surface area (Å²) < 4.78 is 11.8. The zero-order chi connectivity index (χ0) is 13.8. The summed E-state index contributed by atoms with van der Waals surface area (Å²) in [4.78, 5) is 0. The summed E-state index contributed by atoms with van der Waals surface area (Å²) >= 11 is 3.50. The Morgan fingerprint density at radius 3 is 2.74 bits per heavy atom. The number of methoxy groups -OCH3 is 1. The maximum atomic E-state index is 6.28. The highest BCUT2D eigenvalue weighted by molar-refractivity contribution is 9.10. The molecule has 0 saturated heterocycles. The van der Waals surface area contributed by atoms with Crippen LogP contribution in [0.3, 0.4) is 0 Å². The summed E-state index contributed by atoms with van der Waals surface area (Å²) in [6.07, 6.45) is 3.80. The average molecular weight is 328 g/mol. The first-order valence-corrected chi connectivity index (χ1v) is 7.64. The summed E-state index contributed by atoms with van der Waals surface area (Å²) in [5.41, 5.74) is 7.44. The quantitative estimate of drug-likeness (QED) is 0.867. The molecule has 1 aliphatic carbocycles. The smallest absolute Gasteiger partial charge is 0.133 e. The van der Waals surface area contributed by atoms with Gasteiger partial charge in [0.25, 0.3) is 0 Å². The van der Waals surface area contributed by atoms with Crippen LogP contribution in [0.4, 0.5) is 0 Å². The normalized spacial score (nSPS) is 23.8. The van der Waals surface area contributed by atoms with Gasteiger partial charge in [0, 0.05) is 12.6 Å². The van der Waals surface area contributed by atoms with E-state index in [0.29, 0.717) is 12.0 Å². The first-order valence-electron chi connectivity index (χ1n) is 6.84. The van der Waals surface area contributed by atoms with Crippen molar-refractivity contribution in [2.45, 2.75) is 38.3 Å². The first kappa shape index (κ1) is 14.8. The molecule has 0 heterocycles. The predicted molar refractivity (Wildman–Crippen MR) is 80.4 cm³/mol. The molecule has 4 heteroatoms. The highest BCUT2D eigenvalue weighted by Gasteiger charge is 2.30. The Labute approximate surface area is 123 Å². The minimum atomic E-state index is 0.0924. The van der Waals surface area contributed by atoms with Gasteiger partial charge >= 0.3 is 0 Å². The van der Waals surface area contributed by atoms with E-state index in [4.69, 9.17) is 15.2 Å². The van der Waals surface area contributed by atoms with E-state index in [2.05, 4.69) is 22.0 Å². The van der Waals surface area contributed by atoms with Gasteiger partial charge in [0.05, 0.1) is 17.7 Å². The second-order valence-electron chi connectivity index (χ2n) is 5.15. The summed E-state index contributed by atoms with van der Waals surface area (Å²) in [7, 11) is 1.67. The fraction of sp³-hybridized carbons (Fsp3) is 0.600. The van der Waals surface area contributed by atoms with Crippen molar-refractivity contribution in [3.05, 3.63) is 28.2 Å². The molecule has 1 fully saturated rings. The van der Waals surface area contributed by atoms with Gasteiger partial charge in [-0.05, 0) is 65.7 Å². The van der Waals surface area contributed by atoms with Gasteiger partial charge in [0.1, 0.15) is 5.75 Å². The fourth-order valence-corrected chi connectivity index (χ4v) is 3.21. The van der Waals surface area contributed by atoms with Gasteiger partial charge in [-0.1, -0.05) is 6.07 Å². The van der Waals surface area contributed by atoms with Crippen LogP contribution in [0.5, 0.6) is 5.75 Å². The maximum absolute atomic E-state index is 6.28. The monoisotopic (exact) mass is 327 g/mol. The Kier molecular flexibility index (Phi) is 5.25. The van der Waals surface area contributed by atoms with Crippen LogP contribution in [-0.2, 0) is 4.74 Å². The van der Waals surface area contributed by atoms with Crippen LogP contribution in [0.25, 0.3) is 0 Å². The molecule has 1 aliphatic rings. The molecule has 3 nitrogen and oxygen atoms in total. The summed E-state index contributed by atoms with van der Waals surface area (Å²) in [5.74, 6) is 1.54. The maximum Gasteiger partial charge on any atom is 0.133 e. The van der Waals surface area contributed by atoms with Crippen molar-refractivity contribution in [2.24, 2.45) is 11.7 Å². The minimum absolute atomic E-state index is 0.0924. The second kappa shape index (κ2) is 6.73. The third kappa shape index (κ3) is 3.71. The molecule has 2 rings (SSSR count). The molecule has 106 valence electrons. The van der Waals surface area contributed by atoms with Gasteiger partial charge in [0.2, 0.25) is 0 Å².